The molecule has 1 aliphatic heterocycles. The molecule has 0 spiro atoms. The van der Waals surface area contributed by atoms with Gasteiger partial charge in [0.15, 0.2) is 0 Å². The summed E-state index contributed by atoms with van der Waals surface area (Å²) in [6, 6.07) is 0.461. The summed E-state index contributed by atoms with van der Waals surface area (Å²) in [6.07, 6.45) is 4.05. The average molecular weight is 226 g/mol. The van der Waals surface area contributed by atoms with E-state index in [0.29, 0.717) is 17.9 Å². The molecule has 3 nitrogen and oxygen atoms in total. The third-order valence-corrected chi connectivity index (χ3v) is 3.52. The fourth-order valence-corrected chi connectivity index (χ4v) is 2.26. The van der Waals surface area contributed by atoms with Crippen molar-refractivity contribution in [2.75, 3.05) is 19.6 Å². The molecular weight excluding hydrogens is 200 g/mol. The van der Waals surface area contributed by atoms with E-state index in [1.54, 1.807) is 0 Å². The fraction of sp³-hybridized carbons (Fsp3) is 0.923. The van der Waals surface area contributed by atoms with Crippen LogP contribution in [-0.2, 0) is 4.79 Å². The molecule has 1 fully saturated rings. The topological polar surface area (TPSA) is 32.3 Å². The number of likely N-dealkylation sites (N-methyl/N-ethyl adjacent to an activating group) is 1. The molecule has 1 N–H and O–H groups in total. The lowest BCUT2D eigenvalue weighted by atomic mass is 10.0. The minimum Gasteiger partial charge on any atom is -0.341 e. The van der Waals surface area contributed by atoms with E-state index in [9.17, 15) is 4.79 Å². The lowest BCUT2D eigenvalue weighted by Crippen LogP contribution is -2.43. The lowest BCUT2D eigenvalue weighted by molar-refractivity contribution is -0.131. The van der Waals surface area contributed by atoms with Gasteiger partial charge in [0.2, 0.25) is 5.91 Å². The van der Waals surface area contributed by atoms with E-state index in [-0.39, 0.29) is 0 Å². The number of hydrogen-bond donors (Lipinski definition) is 1. The number of carbonyl (C=O) groups is 1. The number of nitrogens with one attached hydrogen (secondary N) is 1. The lowest BCUT2D eigenvalue weighted by Gasteiger charge is -2.26. The number of likely N-dealkylation sites (tertiary alicyclic amines) is 1. The highest BCUT2D eigenvalue weighted by atomic mass is 16.2. The molecule has 3 heteroatoms. The van der Waals surface area contributed by atoms with Crippen molar-refractivity contribution in [2.45, 2.75) is 52.5 Å². The number of carbonyl (C=O) groups excluding carboxylic acids is 1. The second-order valence-electron chi connectivity index (χ2n) is 4.94. The Morgan fingerprint density at radius 3 is 2.81 bits per heavy atom. The average Bonchev–Trinajstić information content (AvgIpc) is 2.43. The van der Waals surface area contributed by atoms with Crippen molar-refractivity contribution >= 4 is 5.91 Å². The molecule has 1 rings (SSSR count). The first-order valence-corrected chi connectivity index (χ1v) is 6.68. The molecule has 1 heterocycles. The van der Waals surface area contributed by atoms with Crippen molar-refractivity contribution in [1.82, 2.24) is 10.2 Å². The summed E-state index contributed by atoms with van der Waals surface area (Å²) in [7, 11) is 0. The van der Waals surface area contributed by atoms with E-state index in [0.717, 1.165) is 45.3 Å². The van der Waals surface area contributed by atoms with Crippen LogP contribution in [0.15, 0.2) is 0 Å². The first-order chi connectivity index (χ1) is 7.67. The summed E-state index contributed by atoms with van der Waals surface area (Å²) in [5.74, 6) is 1.05. The molecule has 2 unspecified atom stereocenters. The monoisotopic (exact) mass is 226 g/mol. The van der Waals surface area contributed by atoms with Gasteiger partial charge in [0.1, 0.15) is 0 Å². The number of amides is 1. The van der Waals surface area contributed by atoms with Gasteiger partial charge < -0.3 is 10.2 Å². The Balaban J connectivity index is 2.46. The third kappa shape index (κ3) is 4.12. The van der Waals surface area contributed by atoms with Gasteiger partial charge in [0.05, 0.1) is 0 Å². The normalized spacial score (nSPS) is 24.3. The summed E-state index contributed by atoms with van der Waals surface area (Å²) >= 11 is 0. The van der Waals surface area contributed by atoms with Crippen LogP contribution in [0, 0.1) is 5.92 Å². The highest BCUT2D eigenvalue weighted by Crippen LogP contribution is 2.17. The molecule has 1 aliphatic rings. The van der Waals surface area contributed by atoms with E-state index >= 15 is 0 Å². The molecule has 0 saturated carbocycles. The molecule has 94 valence electrons. The fourth-order valence-electron chi connectivity index (χ4n) is 2.26. The highest BCUT2D eigenvalue weighted by Gasteiger charge is 2.21. The van der Waals surface area contributed by atoms with Crippen LogP contribution in [0.5, 0.6) is 0 Å². The van der Waals surface area contributed by atoms with Crippen LogP contribution in [0.4, 0.5) is 0 Å². The molecule has 1 saturated heterocycles. The smallest absolute Gasteiger partial charge is 0.222 e. The molecule has 0 aromatic rings. The number of rotatable bonds is 5. The predicted molar refractivity (Wildman–Crippen MR) is 67.4 cm³/mol. The Kier molecular flexibility index (Phi) is 5.81. The Bertz CT molecular complexity index is 218. The molecule has 2 atom stereocenters. The summed E-state index contributed by atoms with van der Waals surface area (Å²) in [4.78, 5) is 14.0. The molecule has 0 bridgehead atoms. The summed E-state index contributed by atoms with van der Waals surface area (Å²) in [5, 5.41) is 3.44. The third-order valence-electron chi connectivity index (χ3n) is 3.52. The Morgan fingerprint density at radius 2 is 2.19 bits per heavy atom. The van der Waals surface area contributed by atoms with Crippen LogP contribution in [0.2, 0.25) is 0 Å². The first-order valence-electron chi connectivity index (χ1n) is 6.68. The van der Waals surface area contributed by atoms with Crippen molar-refractivity contribution < 1.29 is 4.79 Å². The van der Waals surface area contributed by atoms with Gasteiger partial charge in [-0.25, -0.2) is 0 Å². The van der Waals surface area contributed by atoms with E-state index in [1.807, 2.05) is 0 Å². The van der Waals surface area contributed by atoms with E-state index in [1.165, 1.54) is 0 Å². The predicted octanol–water partition coefficient (Wildman–Crippen LogP) is 2.02. The second kappa shape index (κ2) is 6.89. The summed E-state index contributed by atoms with van der Waals surface area (Å²) in [6.45, 7) is 9.36. The van der Waals surface area contributed by atoms with Crippen molar-refractivity contribution in [1.29, 1.82) is 0 Å². The Labute approximate surface area is 99.6 Å². The standard InChI is InChI=1S/C13H26N2O/c1-4-12(14-5-2)10-15-9-8-11(3)6-7-13(15)16/h11-12,14H,4-10H2,1-3H3. The molecule has 0 aliphatic carbocycles. The van der Waals surface area contributed by atoms with Crippen molar-refractivity contribution in [3.05, 3.63) is 0 Å². The van der Waals surface area contributed by atoms with Gasteiger partial charge in [-0.2, -0.15) is 0 Å². The van der Waals surface area contributed by atoms with Gasteiger partial charge in [-0.1, -0.05) is 20.8 Å². The molecular formula is C13H26N2O. The maximum absolute atomic E-state index is 11.9. The largest absolute Gasteiger partial charge is 0.341 e. The van der Waals surface area contributed by atoms with Crippen LogP contribution in [0.1, 0.15) is 46.5 Å². The van der Waals surface area contributed by atoms with Gasteiger partial charge in [0, 0.05) is 25.6 Å². The van der Waals surface area contributed by atoms with Crippen LogP contribution in [0.3, 0.4) is 0 Å². The van der Waals surface area contributed by atoms with Crippen molar-refractivity contribution in [2.24, 2.45) is 5.92 Å². The Morgan fingerprint density at radius 1 is 1.44 bits per heavy atom. The maximum Gasteiger partial charge on any atom is 0.222 e. The molecule has 1 amide bonds. The summed E-state index contributed by atoms with van der Waals surface area (Å²) in [5.41, 5.74) is 0. The zero-order valence-corrected chi connectivity index (χ0v) is 11.0. The zero-order valence-electron chi connectivity index (χ0n) is 11.0. The summed E-state index contributed by atoms with van der Waals surface area (Å²) < 4.78 is 0. The Hall–Kier alpha value is -0.570. The molecule has 0 aromatic carbocycles. The minimum atomic E-state index is 0.348. The van der Waals surface area contributed by atoms with Gasteiger partial charge in [0.25, 0.3) is 0 Å². The number of nitrogens with zero attached hydrogens (tertiary/aromatic N) is 1. The van der Waals surface area contributed by atoms with Gasteiger partial charge in [-0.3, -0.25) is 4.79 Å². The molecule has 16 heavy (non-hydrogen) atoms. The van der Waals surface area contributed by atoms with Gasteiger partial charge in [-0.05, 0) is 31.7 Å². The SMILES string of the molecule is CCNC(CC)CN1CCC(C)CCC1=O. The van der Waals surface area contributed by atoms with Gasteiger partial charge in [-0.15, -0.1) is 0 Å². The second-order valence-corrected chi connectivity index (χ2v) is 4.94. The van der Waals surface area contributed by atoms with Crippen molar-refractivity contribution in [3.63, 3.8) is 0 Å². The van der Waals surface area contributed by atoms with E-state index < -0.39 is 0 Å². The van der Waals surface area contributed by atoms with E-state index in [2.05, 4.69) is 31.0 Å². The molecule has 0 aromatic heterocycles. The zero-order chi connectivity index (χ0) is 12.0. The van der Waals surface area contributed by atoms with Gasteiger partial charge >= 0.3 is 0 Å². The maximum atomic E-state index is 11.9. The van der Waals surface area contributed by atoms with E-state index in [4.69, 9.17) is 0 Å². The minimum absolute atomic E-state index is 0.348. The first kappa shape index (κ1) is 13.5. The van der Waals surface area contributed by atoms with Crippen LogP contribution in [-0.4, -0.2) is 36.5 Å². The van der Waals surface area contributed by atoms with Crippen LogP contribution in [0.25, 0.3) is 0 Å². The van der Waals surface area contributed by atoms with Crippen LogP contribution < -0.4 is 5.32 Å². The van der Waals surface area contributed by atoms with Crippen molar-refractivity contribution in [3.8, 4) is 0 Å². The van der Waals surface area contributed by atoms with Crippen LogP contribution >= 0.6 is 0 Å². The number of hydrogen-bond acceptors (Lipinski definition) is 2. The quantitative estimate of drug-likeness (QED) is 0.778. The highest BCUT2D eigenvalue weighted by molar-refractivity contribution is 5.76. The molecule has 0 radical (unpaired) electrons.